The fourth-order valence-corrected chi connectivity index (χ4v) is 3.88. The molecule has 2 fully saturated rings. The molecule has 1 aliphatic carbocycles. The number of hydrogen-bond donors (Lipinski definition) is 1. The first-order valence-electron chi connectivity index (χ1n) is 7.47. The Morgan fingerprint density at radius 1 is 1.40 bits per heavy atom. The zero-order valence-electron chi connectivity index (χ0n) is 12.0. The predicted molar refractivity (Wildman–Crippen MR) is 78.7 cm³/mol. The van der Waals surface area contributed by atoms with Crippen LogP contribution in [-0.2, 0) is 10.2 Å². The van der Waals surface area contributed by atoms with Gasteiger partial charge in [-0.2, -0.15) is 16.7 Å². The van der Waals surface area contributed by atoms with Crippen molar-refractivity contribution < 1.29 is 9.26 Å². The molecule has 20 heavy (non-hydrogen) atoms. The molecular weight excluding hydrogens is 274 g/mol. The average molecular weight is 297 g/mol. The molecule has 2 aliphatic rings. The summed E-state index contributed by atoms with van der Waals surface area (Å²) in [5.74, 6) is 4.15. The summed E-state index contributed by atoms with van der Waals surface area (Å²) in [7, 11) is 0. The molecule has 1 saturated heterocycles. The minimum Gasteiger partial charge on any atom is -0.368 e. The second-order valence-corrected chi connectivity index (χ2v) is 7.21. The zero-order valence-corrected chi connectivity index (χ0v) is 12.8. The van der Waals surface area contributed by atoms with Gasteiger partial charge >= 0.3 is 0 Å². The molecule has 0 aromatic carbocycles. The lowest BCUT2D eigenvalue weighted by atomic mass is 9.71. The van der Waals surface area contributed by atoms with E-state index in [0.717, 1.165) is 42.8 Å². The van der Waals surface area contributed by atoms with Gasteiger partial charge in [0.25, 0.3) is 0 Å². The quantitative estimate of drug-likeness (QED) is 0.922. The average Bonchev–Trinajstić information content (AvgIpc) is 3.00. The van der Waals surface area contributed by atoms with E-state index in [1.807, 2.05) is 11.8 Å². The summed E-state index contributed by atoms with van der Waals surface area (Å²) in [6, 6.07) is 0. The SMILES string of the molecule is CC1CCC(CN)(c2nc(C3CSCCO3)no2)CC1. The summed E-state index contributed by atoms with van der Waals surface area (Å²) < 4.78 is 11.3. The van der Waals surface area contributed by atoms with Gasteiger partial charge < -0.3 is 15.0 Å². The van der Waals surface area contributed by atoms with Crippen molar-refractivity contribution in [2.45, 2.75) is 44.1 Å². The van der Waals surface area contributed by atoms with Crippen LogP contribution in [0.1, 0.15) is 50.4 Å². The van der Waals surface area contributed by atoms with Crippen LogP contribution in [0.15, 0.2) is 4.52 Å². The van der Waals surface area contributed by atoms with Crippen LogP contribution in [-0.4, -0.2) is 34.8 Å². The van der Waals surface area contributed by atoms with E-state index in [1.54, 1.807) is 0 Å². The van der Waals surface area contributed by atoms with Crippen molar-refractivity contribution in [1.82, 2.24) is 10.1 Å². The van der Waals surface area contributed by atoms with Crippen LogP contribution in [0.5, 0.6) is 0 Å². The van der Waals surface area contributed by atoms with Gasteiger partial charge in [0.15, 0.2) is 0 Å². The first-order valence-corrected chi connectivity index (χ1v) is 8.62. The molecule has 1 aromatic heterocycles. The minimum atomic E-state index is -0.112. The van der Waals surface area contributed by atoms with Crippen LogP contribution < -0.4 is 5.73 Å². The van der Waals surface area contributed by atoms with Crippen molar-refractivity contribution >= 4 is 11.8 Å². The number of aromatic nitrogens is 2. The molecule has 0 spiro atoms. The number of nitrogens with zero attached hydrogens (tertiary/aromatic N) is 2. The van der Waals surface area contributed by atoms with Gasteiger partial charge in [0.1, 0.15) is 6.10 Å². The molecule has 1 unspecified atom stereocenters. The molecule has 3 rings (SSSR count). The Kier molecular flexibility index (Phi) is 4.33. The van der Waals surface area contributed by atoms with Gasteiger partial charge in [0.05, 0.1) is 12.0 Å². The Morgan fingerprint density at radius 2 is 2.20 bits per heavy atom. The normalized spacial score (nSPS) is 35.1. The molecule has 1 saturated carbocycles. The number of nitrogens with two attached hydrogens (primary N) is 1. The smallest absolute Gasteiger partial charge is 0.234 e. The van der Waals surface area contributed by atoms with Gasteiger partial charge in [-0.3, -0.25) is 0 Å². The van der Waals surface area contributed by atoms with Crippen LogP contribution >= 0.6 is 11.8 Å². The zero-order chi connectivity index (χ0) is 14.0. The Hall–Kier alpha value is -0.590. The van der Waals surface area contributed by atoms with Crippen molar-refractivity contribution in [3.05, 3.63) is 11.7 Å². The summed E-state index contributed by atoms with van der Waals surface area (Å²) >= 11 is 1.88. The summed E-state index contributed by atoms with van der Waals surface area (Å²) in [5, 5.41) is 4.15. The number of ether oxygens (including phenoxy) is 1. The molecule has 5 nitrogen and oxygen atoms in total. The molecule has 2 heterocycles. The van der Waals surface area contributed by atoms with Gasteiger partial charge in [-0.15, -0.1) is 0 Å². The fraction of sp³-hybridized carbons (Fsp3) is 0.857. The van der Waals surface area contributed by atoms with E-state index >= 15 is 0 Å². The van der Waals surface area contributed by atoms with Crippen molar-refractivity contribution in [2.24, 2.45) is 11.7 Å². The molecule has 0 radical (unpaired) electrons. The highest BCUT2D eigenvalue weighted by Gasteiger charge is 2.40. The minimum absolute atomic E-state index is 0.0245. The van der Waals surface area contributed by atoms with Crippen molar-refractivity contribution in [1.29, 1.82) is 0 Å². The van der Waals surface area contributed by atoms with E-state index in [1.165, 1.54) is 12.8 Å². The van der Waals surface area contributed by atoms with Crippen molar-refractivity contribution in [3.8, 4) is 0 Å². The lowest BCUT2D eigenvalue weighted by Gasteiger charge is -2.35. The van der Waals surface area contributed by atoms with Crippen LogP contribution in [0.3, 0.4) is 0 Å². The maximum absolute atomic E-state index is 6.04. The Balaban J connectivity index is 1.77. The van der Waals surface area contributed by atoms with Crippen molar-refractivity contribution in [3.63, 3.8) is 0 Å². The van der Waals surface area contributed by atoms with Crippen LogP contribution in [0.4, 0.5) is 0 Å². The maximum Gasteiger partial charge on any atom is 0.234 e. The largest absolute Gasteiger partial charge is 0.368 e. The lowest BCUT2D eigenvalue weighted by Crippen LogP contribution is -2.39. The van der Waals surface area contributed by atoms with E-state index < -0.39 is 0 Å². The maximum atomic E-state index is 6.04. The van der Waals surface area contributed by atoms with Crippen LogP contribution in [0.25, 0.3) is 0 Å². The van der Waals surface area contributed by atoms with E-state index in [9.17, 15) is 0 Å². The molecule has 1 aliphatic heterocycles. The predicted octanol–water partition coefficient (Wildman–Crippen LogP) is 2.28. The number of rotatable bonds is 3. The van der Waals surface area contributed by atoms with E-state index in [-0.39, 0.29) is 11.5 Å². The van der Waals surface area contributed by atoms with E-state index in [0.29, 0.717) is 12.4 Å². The molecule has 6 heteroatoms. The Labute approximate surface area is 124 Å². The van der Waals surface area contributed by atoms with Crippen molar-refractivity contribution in [2.75, 3.05) is 24.7 Å². The molecule has 112 valence electrons. The first-order chi connectivity index (χ1) is 9.73. The third kappa shape index (κ3) is 2.73. The fourth-order valence-electron chi connectivity index (χ4n) is 3.04. The van der Waals surface area contributed by atoms with E-state index in [4.69, 9.17) is 15.0 Å². The monoisotopic (exact) mass is 297 g/mol. The van der Waals surface area contributed by atoms with Gasteiger partial charge in [-0.1, -0.05) is 12.1 Å². The van der Waals surface area contributed by atoms with Gasteiger partial charge in [-0.25, -0.2) is 0 Å². The van der Waals surface area contributed by atoms with Gasteiger partial charge in [-0.05, 0) is 31.6 Å². The highest BCUT2D eigenvalue weighted by Crippen LogP contribution is 2.40. The molecule has 1 aromatic rings. The van der Waals surface area contributed by atoms with Gasteiger partial charge in [0, 0.05) is 18.1 Å². The molecule has 0 amide bonds. The lowest BCUT2D eigenvalue weighted by molar-refractivity contribution is 0.0677. The van der Waals surface area contributed by atoms with Crippen LogP contribution in [0.2, 0.25) is 0 Å². The first kappa shape index (κ1) is 14.4. The van der Waals surface area contributed by atoms with Crippen LogP contribution in [0, 0.1) is 5.92 Å². The molecule has 0 bridgehead atoms. The molecular formula is C14H23N3O2S. The standard InChI is InChI=1S/C14H23N3O2S/c1-10-2-4-14(9-15,5-3-10)13-16-12(17-19-13)11-8-20-7-6-18-11/h10-11H,2-9,15H2,1H3. The Bertz CT molecular complexity index is 437. The second kappa shape index (κ2) is 6.03. The summed E-state index contributed by atoms with van der Waals surface area (Å²) in [6.07, 6.45) is 4.44. The number of hydrogen-bond acceptors (Lipinski definition) is 6. The topological polar surface area (TPSA) is 74.2 Å². The molecule has 2 N–H and O–H groups in total. The van der Waals surface area contributed by atoms with Gasteiger partial charge in [0.2, 0.25) is 11.7 Å². The highest BCUT2D eigenvalue weighted by atomic mass is 32.2. The Morgan fingerprint density at radius 3 is 2.85 bits per heavy atom. The number of thioether (sulfide) groups is 1. The summed E-state index contributed by atoms with van der Waals surface area (Å²) in [6.45, 7) is 3.65. The summed E-state index contributed by atoms with van der Waals surface area (Å²) in [5.41, 5.74) is 5.93. The third-order valence-electron chi connectivity index (χ3n) is 4.62. The summed E-state index contributed by atoms with van der Waals surface area (Å²) in [4.78, 5) is 4.63. The van der Waals surface area contributed by atoms with E-state index in [2.05, 4.69) is 17.1 Å². The third-order valence-corrected chi connectivity index (χ3v) is 5.62. The molecule has 1 atom stereocenters. The highest BCUT2D eigenvalue weighted by molar-refractivity contribution is 7.99. The second-order valence-electron chi connectivity index (χ2n) is 6.06.